The standard InChI is InChI=1S/C17H16N4O4/c1-9-6-13(21(24)25)4-5-15(9)20-10(2)7-12(11(20)3)8-14-16(22)19-17(23)18-14/h4-8H,1-3H3,(H2,18,19,22,23)/b14-8-. The Morgan fingerprint density at radius 3 is 2.40 bits per heavy atom. The summed E-state index contributed by atoms with van der Waals surface area (Å²) in [5.74, 6) is -0.471. The van der Waals surface area contributed by atoms with Crippen LogP contribution in [0.4, 0.5) is 10.5 Å². The van der Waals surface area contributed by atoms with E-state index in [0.717, 1.165) is 28.2 Å². The molecular weight excluding hydrogens is 324 g/mol. The highest BCUT2D eigenvalue weighted by molar-refractivity contribution is 6.14. The largest absolute Gasteiger partial charge is 0.326 e. The number of hydrogen-bond donors (Lipinski definition) is 2. The Hall–Kier alpha value is -3.42. The first-order chi connectivity index (χ1) is 11.8. The number of nitro groups is 1. The summed E-state index contributed by atoms with van der Waals surface area (Å²) in [5.41, 5.74) is 4.36. The zero-order chi connectivity index (χ0) is 18.3. The van der Waals surface area contributed by atoms with E-state index in [4.69, 9.17) is 0 Å². The van der Waals surface area contributed by atoms with Gasteiger partial charge < -0.3 is 9.88 Å². The van der Waals surface area contributed by atoms with Gasteiger partial charge in [-0.2, -0.15) is 0 Å². The zero-order valence-electron chi connectivity index (χ0n) is 13.9. The van der Waals surface area contributed by atoms with Crippen LogP contribution < -0.4 is 10.6 Å². The first kappa shape index (κ1) is 16.4. The molecule has 1 fully saturated rings. The molecule has 3 amide bonds. The molecule has 0 radical (unpaired) electrons. The van der Waals surface area contributed by atoms with Crippen LogP contribution in [0.1, 0.15) is 22.5 Å². The number of aryl methyl sites for hydroxylation is 2. The summed E-state index contributed by atoms with van der Waals surface area (Å²) < 4.78 is 1.96. The molecule has 2 N–H and O–H groups in total. The van der Waals surface area contributed by atoms with Crippen LogP contribution in [0.25, 0.3) is 11.8 Å². The first-order valence-corrected chi connectivity index (χ1v) is 7.56. The van der Waals surface area contributed by atoms with Gasteiger partial charge in [0, 0.05) is 29.2 Å². The van der Waals surface area contributed by atoms with Crippen LogP contribution in [0.5, 0.6) is 0 Å². The van der Waals surface area contributed by atoms with E-state index in [0.29, 0.717) is 0 Å². The number of benzene rings is 1. The third-order valence-corrected chi connectivity index (χ3v) is 4.12. The zero-order valence-corrected chi connectivity index (χ0v) is 13.9. The van der Waals surface area contributed by atoms with Gasteiger partial charge in [0.25, 0.3) is 11.6 Å². The van der Waals surface area contributed by atoms with E-state index in [1.807, 2.05) is 31.4 Å². The lowest BCUT2D eigenvalue weighted by Gasteiger charge is -2.12. The van der Waals surface area contributed by atoms with Crippen molar-refractivity contribution in [2.24, 2.45) is 0 Å². The third kappa shape index (κ3) is 2.89. The molecule has 0 atom stereocenters. The summed E-state index contributed by atoms with van der Waals surface area (Å²) in [4.78, 5) is 33.4. The van der Waals surface area contributed by atoms with Gasteiger partial charge in [-0.3, -0.25) is 20.2 Å². The van der Waals surface area contributed by atoms with Crippen molar-refractivity contribution in [2.45, 2.75) is 20.8 Å². The molecule has 0 unspecified atom stereocenters. The molecule has 25 heavy (non-hydrogen) atoms. The van der Waals surface area contributed by atoms with Crippen molar-refractivity contribution in [3.8, 4) is 5.69 Å². The summed E-state index contributed by atoms with van der Waals surface area (Å²) in [6.45, 7) is 5.60. The van der Waals surface area contributed by atoms with Gasteiger partial charge in [0.15, 0.2) is 0 Å². The van der Waals surface area contributed by atoms with E-state index in [1.165, 1.54) is 12.1 Å². The minimum absolute atomic E-state index is 0.0383. The SMILES string of the molecule is Cc1cc([N+](=O)[O-])ccc1-n1c(C)cc(/C=C2\NC(=O)NC2=O)c1C. The van der Waals surface area contributed by atoms with Gasteiger partial charge >= 0.3 is 6.03 Å². The number of nitrogens with one attached hydrogen (secondary N) is 2. The van der Waals surface area contributed by atoms with Crippen LogP contribution in [-0.4, -0.2) is 21.4 Å². The van der Waals surface area contributed by atoms with Crippen molar-refractivity contribution in [1.82, 2.24) is 15.2 Å². The molecule has 8 heteroatoms. The van der Waals surface area contributed by atoms with E-state index in [1.54, 1.807) is 12.1 Å². The molecule has 1 saturated heterocycles. The first-order valence-electron chi connectivity index (χ1n) is 7.56. The molecule has 0 spiro atoms. The lowest BCUT2D eigenvalue weighted by atomic mass is 10.1. The molecular formula is C17H16N4O4. The number of non-ortho nitro benzene ring substituents is 1. The van der Waals surface area contributed by atoms with Crippen molar-refractivity contribution in [3.05, 3.63) is 62.6 Å². The second-order valence-corrected chi connectivity index (χ2v) is 5.86. The summed E-state index contributed by atoms with van der Waals surface area (Å²) in [6, 6.07) is 6.03. The summed E-state index contributed by atoms with van der Waals surface area (Å²) in [5, 5.41) is 15.5. The van der Waals surface area contributed by atoms with Crippen molar-refractivity contribution in [3.63, 3.8) is 0 Å². The molecule has 2 aromatic rings. The second-order valence-electron chi connectivity index (χ2n) is 5.86. The molecule has 1 aliphatic heterocycles. The molecule has 8 nitrogen and oxygen atoms in total. The van der Waals surface area contributed by atoms with Crippen molar-refractivity contribution >= 4 is 23.7 Å². The Morgan fingerprint density at radius 2 is 1.84 bits per heavy atom. The van der Waals surface area contributed by atoms with Gasteiger partial charge in [-0.25, -0.2) is 4.79 Å². The summed E-state index contributed by atoms with van der Waals surface area (Å²) >= 11 is 0. The number of amides is 3. The highest BCUT2D eigenvalue weighted by Gasteiger charge is 2.23. The van der Waals surface area contributed by atoms with Crippen LogP contribution in [-0.2, 0) is 4.79 Å². The monoisotopic (exact) mass is 340 g/mol. The van der Waals surface area contributed by atoms with Crippen LogP contribution in [0.3, 0.4) is 0 Å². The highest BCUT2D eigenvalue weighted by Crippen LogP contribution is 2.27. The van der Waals surface area contributed by atoms with Crippen LogP contribution >= 0.6 is 0 Å². The summed E-state index contributed by atoms with van der Waals surface area (Å²) in [6.07, 6.45) is 1.61. The number of carbonyl (C=O) groups excluding carboxylic acids is 2. The Morgan fingerprint density at radius 1 is 1.12 bits per heavy atom. The number of urea groups is 1. The van der Waals surface area contributed by atoms with Crippen molar-refractivity contribution < 1.29 is 14.5 Å². The van der Waals surface area contributed by atoms with Gasteiger partial charge in [0.1, 0.15) is 5.70 Å². The average molecular weight is 340 g/mol. The molecule has 3 rings (SSSR count). The number of aromatic nitrogens is 1. The molecule has 0 bridgehead atoms. The topological polar surface area (TPSA) is 106 Å². The Labute approximate surface area is 143 Å². The lowest BCUT2D eigenvalue weighted by Crippen LogP contribution is -2.22. The molecule has 128 valence electrons. The van der Waals surface area contributed by atoms with E-state index in [9.17, 15) is 19.7 Å². The third-order valence-electron chi connectivity index (χ3n) is 4.12. The normalized spacial score (nSPS) is 15.4. The maximum atomic E-state index is 11.7. The summed E-state index contributed by atoms with van der Waals surface area (Å²) in [7, 11) is 0. The second kappa shape index (κ2) is 5.90. The fourth-order valence-corrected chi connectivity index (χ4v) is 2.95. The molecule has 0 saturated carbocycles. The number of nitrogens with zero attached hydrogens (tertiary/aromatic N) is 2. The van der Waals surface area contributed by atoms with E-state index in [-0.39, 0.29) is 11.4 Å². The number of carbonyl (C=O) groups is 2. The minimum Gasteiger partial charge on any atom is -0.318 e. The van der Waals surface area contributed by atoms with Gasteiger partial charge in [-0.1, -0.05) is 0 Å². The number of nitro benzene ring substituents is 1. The maximum Gasteiger partial charge on any atom is 0.326 e. The highest BCUT2D eigenvalue weighted by atomic mass is 16.6. The van der Waals surface area contributed by atoms with Gasteiger partial charge in [0.2, 0.25) is 0 Å². The minimum atomic E-state index is -0.545. The van der Waals surface area contributed by atoms with Gasteiger partial charge in [0.05, 0.1) is 4.92 Å². The number of hydrogen-bond acceptors (Lipinski definition) is 4. The molecule has 2 heterocycles. The Balaban J connectivity index is 2.07. The predicted molar refractivity (Wildman–Crippen MR) is 91.3 cm³/mol. The van der Waals surface area contributed by atoms with Gasteiger partial charge in [-0.05, 0) is 50.1 Å². The maximum absolute atomic E-state index is 11.7. The Kier molecular flexibility index (Phi) is 3.88. The smallest absolute Gasteiger partial charge is 0.318 e. The Bertz CT molecular complexity index is 956. The molecule has 0 aliphatic carbocycles. The fourth-order valence-electron chi connectivity index (χ4n) is 2.95. The number of rotatable bonds is 3. The van der Waals surface area contributed by atoms with E-state index in [2.05, 4.69) is 10.6 Å². The molecule has 1 aromatic heterocycles. The average Bonchev–Trinajstić information content (AvgIpc) is 2.99. The molecule has 1 aliphatic rings. The lowest BCUT2D eigenvalue weighted by molar-refractivity contribution is -0.384. The molecule has 1 aromatic carbocycles. The van der Waals surface area contributed by atoms with Gasteiger partial charge in [-0.15, -0.1) is 0 Å². The van der Waals surface area contributed by atoms with Crippen LogP contribution in [0, 0.1) is 30.9 Å². The van der Waals surface area contributed by atoms with Crippen molar-refractivity contribution in [1.29, 1.82) is 0 Å². The van der Waals surface area contributed by atoms with Crippen LogP contribution in [0.2, 0.25) is 0 Å². The van der Waals surface area contributed by atoms with E-state index < -0.39 is 16.9 Å². The predicted octanol–water partition coefficient (Wildman–Crippen LogP) is 2.49. The fraction of sp³-hybridized carbons (Fsp3) is 0.176. The van der Waals surface area contributed by atoms with E-state index >= 15 is 0 Å². The quantitative estimate of drug-likeness (QED) is 0.387. The number of imide groups is 1. The van der Waals surface area contributed by atoms with Crippen molar-refractivity contribution in [2.75, 3.05) is 0 Å². The van der Waals surface area contributed by atoms with Crippen LogP contribution in [0.15, 0.2) is 30.0 Å².